The number of imide groups is 1. The van der Waals surface area contributed by atoms with Crippen LogP contribution < -0.4 is 69.0 Å². The van der Waals surface area contributed by atoms with Crippen LogP contribution in [0.25, 0.3) is 10.9 Å². The van der Waals surface area contributed by atoms with E-state index in [4.69, 9.17) is 19.9 Å². The van der Waals surface area contributed by atoms with Crippen LogP contribution in [-0.4, -0.2) is 289 Å². The molecule has 12 atom stereocenters. The second kappa shape index (κ2) is 43.3. The molecule has 0 spiro atoms. The Balaban J connectivity index is 1.07. The molecular formula is C75H105N17O25S. The highest BCUT2D eigenvalue weighted by Gasteiger charge is 2.47. The number of fused-ring (bicyclic) bond motifs is 5. The minimum Gasteiger partial charge on any atom is -0.497 e. The number of aliphatic hydroxyl groups excluding tert-OH is 2. The number of likely N-dealkylation sites (N-methyl/N-ethyl adjacent to an activating group) is 2. The highest BCUT2D eigenvalue weighted by Crippen LogP contribution is 2.32. The van der Waals surface area contributed by atoms with E-state index in [1.54, 1.807) is 27.7 Å². The van der Waals surface area contributed by atoms with Crippen molar-refractivity contribution in [2.24, 2.45) is 23.5 Å². The maximum absolute atomic E-state index is 15.3. The minimum absolute atomic E-state index is 0.0199. The van der Waals surface area contributed by atoms with Crippen molar-refractivity contribution in [2.75, 3.05) is 84.7 Å². The van der Waals surface area contributed by atoms with Crippen LogP contribution in [0.2, 0.25) is 0 Å². The van der Waals surface area contributed by atoms with Gasteiger partial charge in [-0.05, 0) is 79.3 Å². The molecule has 1 unspecified atom stereocenters. The first-order chi connectivity index (χ1) is 55.8. The van der Waals surface area contributed by atoms with Crippen LogP contribution in [0, 0.1) is 17.8 Å². The third-order valence-electron chi connectivity index (χ3n) is 20.4. The molecule has 4 aliphatic rings. The Morgan fingerprint density at radius 2 is 1.39 bits per heavy atom. The number of carbonyl (C=O) groups excluding carboxylic acids is 16. The molecule has 3 aromatic rings. The van der Waals surface area contributed by atoms with Gasteiger partial charge < -0.3 is 113 Å². The van der Waals surface area contributed by atoms with Gasteiger partial charge in [-0.3, -0.25) is 72.0 Å². The number of urea groups is 1. The largest absolute Gasteiger partial charge is 0.497 e. The predicted molar refractivity (Wildman–Crippen MR) is 416 cm³/mol. The van der Waals surface area contributed by atoms with E-state index in [0.29, 0.717) is 24.8 Å². The zero-order chi connectivity index (χ0) is 87.0. The summed E-state index contributed by atoms with van der Waals surface area (Å²) in [4.78, 5) is 239. The number of H-pyrrole nitrogens is 1. The molecule has 1 fully saturated rings. The van der Waals surface area contributed by atoms with Gasteiger partial charge in [0.15, 0.2) is 9.84 Å². The number of unbranched alkanes of at least 4 members (excludes halogenated alkanes) is 2. The number of nitrogens with zero attached hydrogens (tertiary/aromatic N) is 4. The quantitative estimate of drug-likeness (QED) is 0.0224. The van der Waals surface area contributed by atoms with Crippen molar-refractivity contribution in [3.63, 3.8) is 0 Å². The van der Waals surface area contributed by atoms with E-state index in [1.165, 1.54) is 82.7 Å². The van der Waals surface area contributed by atoms with E-state index in [2.05, 4.69) is 63.5 Å². The number of sulfone groups is 1. The molecule has 5 heterocycles. The van der Waals surface area contributed by atoms with Crippen molar-refractivity contribution in [1.29, 1.82) is 0 Å². The topological polar surface area (TPSA) is 600 Å². The van der Waals surface area contributed by atoms with E-state index in [9.17, 15) is 82.4 Å². The monoisotopic (exact) mass is 1680 g/mol. The summed E-state index contributed by atoms with van der Waals surface area (Å²) < 4.78 is 47.1. The van der Waals surface area contributed by atoms with Gasteiger partial charge in [0.25, 0.3) is 11.8 Å². The van der Waals surface area contributed by atoms with Crippen molar-refractivity contribution in [1.82, 2.24) is 77.8 Å². The molecule has 0 radical (unpaired) electrons. The number of aliphatic carboxylic acids is 1. The first-order valence-electron chi connectivity index (χ1n) is 38.5. The number of rotatable bonds is 31. The zero-order valence-corrected chi connectivity index (χ0v) is 67.5. The third-order valence-corrected chi connectivity index (χ3v) is 22.2. The average molecular weight is 1680 g/mol. The number of benzene rings is 2. The first-order valence-corrected chi connectivity index (χ1v) is 40.1. The lowest BCUT2D eigenvalue weighted by atomic mass is 9.93. The van der Waals surface area contributed by atoms with Gasteiger partial charge in [0.05, 0.1) is 50.7 Å². The number of hydrogen-bond acceptors (Lipinski definition) is 24. The Kier molecular flexibility index (Phi) is 34.1. The van der Waals surface area contributed by atoms with Crippen LogP contribution in [0.1, 0.15) is 110 Å². The lowest BCUT2D eigenvalue weighted by Crippen LogP contribution is -2.62. The standard InChI is InChI=1S/C75H105N17O25S/c1-9-40(4)62-68(106)79-33-56(96)81-52-38-118(113,114)71-47(46-21-20-44(115-8)30-50(46)85-71)32-51(64(102)78-34-57(97)87-62)84-70(108)63(41(5)54(94)36-93)88-67(105)53-31-45(35-92(53)72(109)49(83-66(52)104)22-25-60(100)101)117-75(112)90(7)29-28-89(6)74(111)116-37-42-16-18-43(19-17-42)80-65(103)48(14-13-26-77-73(76)110)82-69(107)61(39(2)3)86-55(95)15-11-10-12-27-91-58(98)23-24-59(91)99/h16-21,23-24,30,39-41,45,48-49,51-54,61-63,85,93-94H,9-15,22,25-29,31-38H2,1-8H3,(H,78,102)(H,79,106)(H,80,103)(H,81,96)(H,82,107)(H,83,104)(H,84,108)(H,86,95)(H,87,97)(H,88,105)(H,100,101)(H3,76,77,110)/t40-,41-,45-,48+,49-,51+,52-,53?,54-,61-,62+,63+/m0/s1. The van der Waals surface area contributed by atoms with E-state index >= 15 is 22.8 Å². The van der Waals surface area contributed by atoms with E-state index in [1.807, 2.05) is 0 Å². The number of nitrogens with one attached hydrogen (secondary N) is 12. The summed E-state index contributed by atoms with van der Waals surface area (Å²) in [7, 11) is -1.12. The summed E-state index contributed by atoms with van der Waals surface area (Å²) in [5.41, 5.74) is 5.75. The van der Waals surface area contributed by atoms with Gasteiger partial charge in [0.2, 0.25) is 65.0 Å². The van der Waals surface area contributed by atoms with Gasteiger partial charge in [0.1, 0.15) is 71.8 Å². The van der Waals surface area contributed by atoms with Gasteiger partial charge in [-0.15, -0.1) is 0 Å². The number of hydrogen-bond donors (Lipinski definition) is 16. The fraction of sp³-hybridized carbons (Fsp3) is 0.560. The normalized spacial score (nSPS) is 21.4. The van der Waals surface area contributed by atoms with Crippen molar-refractivity contribution in [3.05, 3.63) is 65.7 Å². The molecule has 42 nitrogen and oxygen atoms in total. The lowest BCUT2D eigenvalue weighted by Gasteiger charge is -2.33. The maximum Gasteiger partial charge on any atom is 0.409 e. The smallest absolute Gasteiger partial charge is 0.409 e. The Labute approximate surface area is 678 Å². The molecular weight excluding hydrogens is 1570 g/mol. The van der Waals surface area contributed by atoms with Crippen molar-refractivity contribution in [3.8, 4) is 5.75 Å². The Hall–Kier alpha value is -12.0. The third kappa shape index (κ3) is 26.2. The number of aliphatic hydroxyl groups is 2. The van der Waals surface area contributed by atoms with Gasteiger partial charge in [-0.25, -0.2) is 22.8 Å². The number of nitrogens with two attached hydrogens (primary N) is 1. The fourth-order valence-electron chi connectivity index (χ4n) is 13.2. The molecule has 0 aliphatic carbocycles. The summed E-state index contributed by atoms with van der Waals surface area (Å²) >= 11 is 0. The molecule has 17 N–H and O–H groups in total. The molecule has 118 heavy (non-hydrogen) atoms. The molecule has 1 saturated heterocycles. The zero-order valence-electron chi connectivity index (χ0n) is 66.6. The van der Waals surface area contributed by atoms with Crippen molar-refractivity contribution in [2.45, 2.75) is 177 Å². The second-order valence-electron chi connectivity index (χ2n) is 29.6. The molecule has 43 heteroatoms. The molecule has 646 valence electrons. The van der Waals surface area contributed by atoms with Gasteiger partial charge >= 0.3 is 24.2 Å². The molecule has 4 aliphatic heterocycles. The summed E-state index contributed by atoms with van der Waals surface area (Å²) in [6.45, 7) is 3.83. The summed E-state index contributed by atoms with van der Waals surface area (Å²) in [5, 5.41) is 58.3. The van der Waals surface area contributed by atoms with Gasteiger partial charge in [-0.2, -0.15) is 0 Å². The molecule has 2 aromatic carbocycles. The Morgan fingerprint density at radius 3 is 2.03 bits per heavy atom. The van der Waals surface area contributed by atoms with Crippen LogP contribution in [0.4, 0.5) is 20.1 Å². The maximum atomic E-state index is 15.3. The number of carboxylic acid groups (broad SMARTS) is 1. The number of carbonyl (C=O) groups is 17. The van der Waals surface area contributed by atoms with E-state index < -0.39 is 252 Å². The number of primary amides is 1. The molecule has 2 bridgehead atoms. The number of methoxy groups -OCH3 is 1. The predicted octanol–water partition coefficient (Wildman–Crippen LogP) is -3.12. The Morgan fingerprint density at radius 1 is 0.729 bits per heavy atom. The SMILES string of the molecule is CC[C@H](C)[C@H]1NC(=O)CNC(=O)[C@H]2Cc3c([nH]c4cc(OC)ccc34)S(=O)(=O)C[C@H](NC(=O)CNC1=O)C(=O)N[C@@H](CCC(=O)O)C(=O)N1C[C@@H](OC(=O)N(C)CCN(C)C(=O)OCc3ccc(NC(=O)[C@@H](CCCNC(N)=O)NC(=O)[C@@H](NC(=O)CCCCCN4C(=O)C=CC4=O)C(C)C)cc3)CC1C(=O)N[C@H]([C@@H](C)[C@@H](O)CO)C(=O)N2. The lowest BCUT2D eigenvalue weighted by molar-refractivity contribution is -0.144. The van der Waals surface area contributed by atoms with Crippen molar-refractivity contribution < 1.29 is 119 Å². The highest BCUT2D eigenvalue weighted by atomic mass is 32.2. The fourth-order valence-corrected chi connectivity index (χ4v) is 14.9. The molecule has 1 aromatic heterocycles. The summed E-state index contributed by atoms with van der Waals surface area (Å²) in [6.07, 6.45) is -4.05. The number of ether oxygens (including phenoxy) is 3. The summed E-state index contributed by atoms with van der Waals surface area (Å²) in [5.74, 6) is -17.2. The van der Waals surface area contributed by atoms with Crippen LogP contribution in [0.5, 0.6) is 5.75 Å². The highest BCUT2D eigenvalue weighted by molar-refractivity contribution is 7.91. The number of carboxylic acids is 1. The minimum atomic E-state index is -5.05. The Bertz CT molecular complexity index is 4370. The molecule has 7 rings (SSSR count). The number of aromatic amines is 1. The van der Waals surface area contributed by atoms with Gasteiger partial charge in [-0.1, -0.05) is 59.6 Å². The average Bonchev–Trinajstić information content (AvgIpc) is 1.61. The van der Waals surface area contributed by atoms with Crippen LogP contribution >= 0.6 is 0 Å². The van der Waals surface area contributed by atoms with E-state index in [0.717, 1.165) is 19.6 Å². The molecule has 0 saturated carbocycles. The van der Waals surface area contributed by atoms with Gasteiger partial charge in [0, 0.05) is 101 Å². The van der Waals surface area contributed by atoms with Crippen LogP contribution in [0.3, 0.4) is 0 Å². The van der Waals surface area contributed by atoms with Crippen molar-refractivity contribution >= 4 is 127 Å². The van der Waals surface area contributed by atoms with Crippen LogP contribution in [-0.2, 0) is 99.5 Å². The molecule has 17 amide bonds. The number of aromatic nitrogens is 1. The second-order valence-corrected chi connectivity index (χ2v) is 31.5. The summed E-state index contributed by atoms with van der Waals surface area (Å²) in [6, 6.07) is -4.19. The first kappa shape index (κ1) is 93.1. The number of anilines is 1. The number of amides is 17. The van der Waals surface area contributed by atoms with Crippen LogP contribution in [0.15, 0.2) is 59.6 Å². The van der Waals surface area contributed by atoms with E-state index in [-0.39, 0.29) is 86.4 Å².